The molecule has 1 aromatic rings. The molecule has 6 rings (SSSR count). The third-order valence-corrected chi connectivity index (χ3v) is 11.4. The smallest absolute Gasteiger partial charge is 0.410 e. The lowest BCUT2D eigenvalue weighted by Gasteiger charge is -2.27. The Hall–Kier alpha value is -4.77. The summed E-state index contributed by atoms with van der Waals surface area (Å²) >= 11 is 0. The molecule has 2 saturated carbocycles. The van der Waals surface area contributed by atoms with Crippen LogP contribution in [0.1, 0.15) is 49.3 Å². The summed E-state index contributed by atoms with van der Waals surface area (Å²) in [5.74, 6) is -4.09. The molecular weight excluding hydrogens is 672 g/mol. The fraction of sp³-hybridized carbons (Fsp3) is 0.515. The van der Waals surface area contributed by atoms with Gasteiger partial charge in [0, 0.05) is 25.8 Å². The molecule has 0 spiro atoms. The standard InChI is InChI=1S/C33H40N6O10S/c1-3-22-13-33(22,31(44)37-50(46,47)24-9-10-24)36-30(43)27-12-23-16-39(27)28(41)14-34-29(42)26(35-19(2)40)18-48-11-5-8-20-6-4-7-21-15-38(17-25(20)21)32(45)49-23/h3-8,22-24,26-27H,1,9-18H2,2H3,(H,34,42)(H,35,40)(H,36,43)(H,37,44)/b8-5+/t22-,23-,26+,27+,33-/m1/s1. The molecule has 4 N–H and O–H groups in total. The molecule has 1 saturated heterocycles. The maximum atomic E-state index is 13.9. The molecule has 16 nitrogen and oxygen atoms in total. The van der Waals surface area contributed by atoms with E-state index in [1.54, 1.807) is 6.08 Å². The second-order valence-electron chi connectivity index (χ2n) is 13.2. The zero-order chi connectivity index (χ0) is 35.8. The van der Waals surface area contributed by atoms with Gasteiger partial charge in [0.2, 0.25) is 33.7 Å². The van der Waals surface area contributed by atoms with Crippen LogP contribution in [0, 0.1) is 5.92 Å². The van der Waals surface area contributed by atoms with Crippen LogP contribution in [0.3, 0.4) is 0 Å². The minimum absolute atomic E-state index is 0.0999. The van der Waals surface area contributed by atoms with Crippen molar-refractivity contribution < 1.29 is 46.7 Å². The average Bonchev–Trinajstić information content (AvgIpc) is 3.96. The third kappa shape index (κ3) is 7.38. The molecule has 50 heavy (non-hydrogen) atoms. The number of nitrogens with zero attached hydrogens (tertiary/aromatic N) is 2. The maximum Gasteiger partial charge on any atom is 0.410 e. The Morgan fingerprint density at radius 1 is 1.14 bits per heavy atom. The van der Waals surface area contributed by atoms with Gasteiger partial charge in [0.05, 0.1) is 38.1 Å². The summed E-state index contributed by atoms with van der Waals surface area (Å²) in [6.07, 6.45) is 4.34. The monoisotopic (exact) mass is 712 g/mol. The van der Waals surface area contributed by atoms with Gasteiger partial charge in [0.15, 0.2) is 0 Å². The number of amides is 6. The lowest BCUT2D eigenvalue weighted by atomic mass is 10.0. The summed E-state index contributed by atoms with van der Waals surface area (Å²) in [7, 11) is -3.92. The van der Waals surface area contributed by atoms with E-state index in [1.165, 1.54) is 17.9 Å². The Morgan fingerprint density at radius 3 is 2.62 bits per heavy atom. The Balaban J connectivity index is 1.23. The van der Waals surface area contributed by atoms with E-state index in [9.17, 15) is 37.2 Å². The van der Waals surface area contributed by atoms with Gasteiger partial charge >= 0.3 is 6.09 Å². The topological polar surface area (TPSA) is 210 Å². The summed E-state index contributed by atoms with van der Waals surface area (Å²) in [6, 6.07) is 3.32. The SMILES string of the molecule is C=C[C@@H]1C[C@]1(NC(=O)[C@@H]1C[C@@H]2CN1C(=O)CNC(=O)[C@@H](NC(C)=O)COC/C=C/c1cccc3c1CN(C3)C(=O)O2)C(=O)NS(=O)(=O)C1CC1. The molecule has 6 amide bonds. The number of fused-ring (bicyclic) bond motifs is 3. The molecule has 3 fully saturated rings. The Bertz CT molecular complexity index is 1760. The number of hydrogen-bond acceptors (Lipinski definition) is 10. The zero-order valence-corrected chi connectivity index (χ0v) is 28.3. The molecule has 268 valence electrons. The fourth-order valence-corrected chi connectivity index (χ4v) is 7.99. The lowest BCUT2D eigenvalue weighted by Crippen LogP contribution is -2.57. The molecule has 5 atom stereocenters. The summed E-state index contributed by atoms with van der Waals surface area (Å²) in [5, 5.41) is 6.99. The number of ether oxygens (including phenoxy) is 2. The number of carbonyl (C=O) groups is 6. The Kier molecular flexibility index (Phi) is 9.72. The van der Waals surface area contributed by atoms with Crippen LogP contribution in [0.25, 0.3) is 6.08 Å². The van der Waals surface area contributed by atoms with Gasteiger partial charge in [-0.2, -0.15) is 0 Å². The highest BCUT2D eigenvalue weighted by Crippen LogP contribution is 2.45. The first kappa shape index (κ1) is 35.1. The molecule has 17 heteroatoms. The van der Waals surface area contributed by atoms with Crippen LogP contribution >= 0.6 is 0 Å². The van der Waals surface area contributed by atoms with Gasteiger partial charge < -0.3 is 30.3 Å². The number of rotatable bonds is 7. The van der Waals surface area contributed by atoms with E-state index < -0.39 is 87.1 Å². The molecule has 3 heterocycles. The molecular formula is C33H40N6O10S. The van der Waals surface area contributed by atoms with Crippen LogP contribution in [0.5, 0.6) is 0 Å². The van der Waals surface area contributed by atoms with E-state index in [0.29, 0.717) is 19.4 Å². The van der Waals surface area contributed by atoms with Crippen LogP contribution in [-0.4, -0.2) is 109 Å². The summed E-state index contributed by atoms with van der Waals surface area (Å²) in [5.41, 5.74) is 1.12. The van der Waals surface area contributed by atoms with Gasteiger partial charge in [-0.25, -0.2) is 13.2 Å². The number of sulfonamides is 1. The third-order valence-electron chi connectivity index (χ3n) is 9.58. The van der Waals surface area contributed by atoms with Crippen molar-refractivity contribution in [3.63, 3.8) is 0 Å². The van der Waals surface area contributed by atoms with Crippen molar-refractivity contribution in [1.29, 1.82) is 0 Å². The molecule has 2 aliphatic carbocycles. The number of benzene rings is 1. The van der Waals surface area contributed by atoms with Crippen molar-refractivity contribution in [2.75, 3.05) is 26.3 Å². The van der Waals surface area contributed by atoms with Gasteiger partial charge in [-0.05, 0) is 36.0 Å². The summed E-state index contributed by atoms with van der Waals surface area (Å²) in [4.78, 5) is 81.7. The molecule has 0 radical (unpaired) electrons. The number of nitrogens with one attached hydrogen (secondary N) is 4. The normalized spacial score (nSPS) is 29.0. The van der Waals surface area contributed by atoms with Crippen LogP contribution in [0.15, 0.2) is 36.9 Å². The van der Waals surface area contributed by atoms with Crippen LogP contribution in [0.4, 0.5) is 4.79 Å². The second kappa shape index (κ2) is 13.9. The zero-order valence-electron chi connectivity index (χ0n) is 27.5. The van der Waals surface area contributed by atoms with Crippen LogP contribution in [0.2, 0.25) is 0 Å². The first-order valence-electron chi connectivity index (χ1n) is 16.5. The van der Waals surface area contributed by atoms with Crippen molar-refractivity contribution >= 4 is 51.7 Å². The molecule has 0 aromatic heterocycles. The molecule has 4 bridgehead atoms. The molecule has 0 unspecified atom stereocenters. The minimum atomic E-state index is -3.92. The second-order valence-corrected chi connectivity index (χ2v) is 15.2. The van der Waals surface area contributed by atoms with Crippen LogP contribution < -0.4 is 20.7 Å². The van der Waals surface area contributed by atoms with E-state index in [4.69, 9.17) is 9.47 Å². The highest BCUT2D eigenvalue weighted by molar-refractivity contribution is 7.91. The van der Waals surface area contributed by atoms with Crippen molar-refractivity contribution in [3.8, 4) is 0 Å². The largest absolute Gasteiger partial charge is 0.444 e. The predicted molar refractivity (Wildman–Crippen MR) is 176 cm³/mol. The minimum Gasteiger partial charge on any atom is -0.444 e. The van der Waals surface area contributed by atoms with Gasteiger partial charge in [-0.1, -0.05) is 36.4 Å². The predicted octanol–water partition coefficient (Wildman–Crippen LogP) is -0.558. The molecule has 5 aliphatic rings. The van der Waals surface area contributed by atoms with Crippen molar-refractivity contribution in [2.24, 2.45) is 5.92 Å². The van der Waals surface area contributed by atoms with Crippen molar-refractivity contribution in [3.05, 3.63) is 53.6 Å². The molecule has 1 aromatic carbocycles. The van der Waals surface area contributed by atoms with Gasteiger partial charge in [-0.15, -0.1) is 6.58 Å². The van der Waals surface area contributed by atoms with E-state index in [0.717, 1.165) is 21.6 Å². The highest BCUT2D eigenvalue weighted by atomic mass is 32.2. The average molecular weight is 713 g/mol. The van der Waals surface area contributed by atoms with E-state index in [2.05, 4.69) is 27.3 Å². The van der Waals surface area contributed by atoms with Gasteiger partial charge in [-0.3, -0.25) is 33.6 Å². The van der Waals surface area contributed by atoms with Crippen molar-refractivity contribution in [2.45, 2.75) is 74.7 Å². The summed E-state index contributed by atoms with van der Waals surface area (Å²) in [6.45, 7) is 4.68. The number of carbonyl (C=O) groups excluding carboxylic acids is 6. The highest BCUT2D eigenvalue weighted by Gasteiger charge is 2.62. The quantitative estimate of drug-likeness (QED) is 0.265. The first-order valence-corrected chi connectivity index (χ1v) is 18.0. The van der Waals surface area contributed by atoms with Gasteiger partial charge in [0.25, 0.3) is 5.91 Å². The number of hydrogen-bond donors (Lipinski definition) is 4. The Labute approximate surface area is 289 Å². The molecule has 3 aliphatic heterocycles. The fourth-order valence-electron chi connectivity index (χ4n) is 6.62. The van der Waals surface area contributed by atoms with Gasteiger partial charge in [0.1, 0.15) is 23.7 Å². The van der Waals surface area contributed by atoms with E-state index in [1.807, 2.05) is 24.3 Å². The first-order chi connectivity index (χ1) is 23.8. The van der Waals surface area contributed by atoms with Crippen molar-refractivity contribution in [1.82, 2.24) is 30.5 Å². The maximum absolute atomic E-state index is 13.9. The van der Waals surface area contributed by atoms with E-state index in [-0.39, 0.29) is 39.1 Å². The Morgan fingerprint density at radius 2 is 1.92 bits per heavy atom. The van der Waals surface area contributed by atoms with E-state index >= 15 is 0 Å². The lowest BCUT2D eigenvalue weighted by molar-refractivity contribution is -0.140. The van der Waals surface area contributed by atoms with Crippen LogP contribution in [-0.2, 0) is 56.6 Å². The summed E-state index contributed by atoms with van der Waals surface area (Å²) < 4.78 is 38.7.